The Bertz CT molecular complexity index is 953. The molecule has 0 aliphatic carbocycles. The number of anilines is 1. The molecule has 0 fully saturated rings. The Balaban J connectivity index is 1.64. The molecule has 2 aromatic heterocycles. The Morgan fingerprint density at radius 3 is 2.54 bits per heavy atom. The topological polar surface area (TPSA) is 72.2 Å². The molecular formula is C16H14F3N5OS. The highest BCUT2D eigenvalue weighted by Gasteiger charge is 2.30. The fourth-order valence-electron chi connectivity index (χ4n) is 2.36. The van der Waals surface area contributed by atoms with Crippen LogP contribution in [0.3, 0.4) is 0 Å². The summed E-state index contributed by atoms with van der Waals surface area (Å²) in [5, 5.41) is 11.1. The Kier molecular flexibility index (Phi) is 4.86. The number of hydrogen-bond donors (Lipinski definition) is 1. The molecule has 3 rings (SSSR count). The second-order valence-electron chi connectivity index (χ2n) is 5.57. The molecule has 3 aromatic rings. The van der Waals surface area contributed by atoms with E-state index in [-0.39, 0.29) is 11.7 Å². The van der Waals surface area contributed by atoms with Crippen LogP contribution in [0.2, 0.25) is 0 Å². The first-order valence-corrected chi connectivity index (χ1v) is 8.52. The molecule has 0 atom stereocenters. The third-order valence-corrected chi connectivity index (χ3v) is 4.42. The highest BCUT2D eigenvalue weighted by molar-refractivity contribution is 7.99. The highest BCUT2D eigenvalue weighted by atomic mass is 32.2. The lowest BCUT2D eigenvalue weighted by Crippen LogP contribution is -2.14. The maximum absolute atomic E-state index is 12.5. The number of aromatic nitrogens is 4. The first-order chi connectivity index (χ1) is 12.2. The van der Waals surface area contributed by atoms with Crippen LogP contribution in [0.1, 0.15) is 17.0 Å². The minimum absolute atomic E-state index is 0.0368. The van der Waals surface area contributed by atoms with Gasteiger partial charge in [0.1, 0.15) is 0 Å². The molecule has 0 saturated carbocycles. The predicted octanol–water partition coefficient (Wildman–Crippen LogP) is 3.49. The van der Waals surface area contributed by atoms with Gasteiger partial charge in [-0.25, -0.2) is 4.98 Å². The van der Waals surface area contributed by atoms with Crippen molar-refractivity contribution in [1.82, 2.24) is 19.6 Å². The fraction of sp³-hybridized carbons (Fsp3) is 0.250. The number of nitrogens with one attached hydrogen (secondary N) is 1. The Morgan fingerprint density at radius 2 is 1.88 bits per heavy atom. The number of benzene rings is 1. The summed E-state index contributed by atoms with van der Waals surface area (Å²) in [5.74, 6) is 0.132. The molecule has 136 valence electrons. The van der Waals surface area contributed by atoms with Crippen molar-refractivity contribution in [2.75, 3.05) is 11.1 Å². The van der Waals surface area contributed by atoms with Gasteiger partial charge in [0.15, 0.2) is 5.16 Å². The first kappa shape index (κ1) is 18.2. The van der Waals surface area contributed by atoms with Crippen molar-refractivity contribution in [2.24, 2.45) is 0 Å². The van der Waals surface area contributed by atoms with Crippen LogP contribution in [0.25, 0.3) is 5.78 Å². The van der Waals surface area contributed by atoms with Crippen molar-refractivity contribution in [2.45, 2.75) is 25.2 Å². The number of carbonyl (C=O) groups excluding carboxylic acids is 1. The Labute approximate surface area is 150 Å². The number of thioether (sulfide) groups is 1. The third kappa shape index (κ3) is 3.96. The normalized spacial score (nSPS) is 11.7. The van der Waals surface area contributed by atoms with Gasteiger partial charge >= 0.3 is 6.18 Å². The van der Waals surface area contributed by atoms with E-state index in [2.05, 4.69) is 20.5 Å². The van der Waals surface area contributed by atoms with Crippen LogP contribution >= 0.6 is 11.8 Å². The van der Waals surface area contributed by atoms with E-state index in [1.54, 1.807) is 4.40 Å². The zero-order valence-electron chi connectivity index (χ0n) is 13.8. The van der Waals surface area contributed by atoms with Gasteiger partial charge in [0.25, 0.3) is 5.78 Å². The van der Waals surface area contributed by atoms with Gasteiger partial charge in [-0.2, -0.15) is 13.2 Å². The average Bonchev–Trinajstić information content (AvgIpc) is 2.95. The van der Waals surface area contributed by atoms with Gasteiger partial charge in [0.05, 0.1) is 11.3 Å². The van der Waals surface area contributed by atoms with Gasteiger partial charge < -0.3 is 5.32 Å². The van der Waals surface area contributed by atoms with E-state index >= 15 is 0 Å². The summed E-state index contributed by atoms with van der Waals surface area (Å²) in [6.45, 7) is 3.74. The van der Waals surface area contributed by atoms with Crippen LogP contribution in [-0.2, 0) is 11.0 Å². The average molecular weight is 381 g/mol. The molecule has 6 nitrogen and oxygen atoms in total. The molecule has 1 aromatic carbocycles. The van der Waals surface area contributed by atoms with Crippen molar-refractivity contribution in [3.05, 3.63) is 47.3 Å². The molecular weight excluding hydrogens is 367 g/mol. The van der Waals surface area contributed by atoms with Crippen molar-refractivity contribution >= 4 is 29.1 Å². The standard InChI is InChI=1S/C16H14F3N5OS/c1-9-7-10(2)24-14(20-9)22-23-15(24)26-8-13(25)21-12-5-3-11(4-6-12)16(17,18)19/h3-7H,8H2,1-2H3,(H,21,25). The summed E-state index contributed by atoms with van der Waals surface area (Å²) in [5.41, 5.74) is 1.24. The molecule has 0 radical (unpaired) electrons. The van der Waals surface area contributed by atoms with Crippen molar-refractivity contribution in [3.63, 3.8) is 0 Å². The summed E-state index contributed by atoms with van der Waals surface area (Å²) in [7, 11) is 0. The van der Waals surface area contributed by atoms with Crippen LogP contribution in [0.15, 0.2) is 35.5 Å². The van der Waals surface area contributed by atoms with Gasteiger partial charge in [0.2, 0.25) is 5.91 Å². The number of aryl methyl sites for hydroxylation is 2. The lowest BCUT2D eigenvalue weighted by Gasteiger charge is -2.08. The number of amides is 1. The molecule has 0 aliphatic rings. The van der Waals surface area contributed by atoms with Crippen LogP contribution in [0.4, 0.5) is 18.9 Å². The van der Waals surface area contributed by atoms with Crippen molar-refractivity contribution < 1.29 is 18.0 Å². The molecule has 0 saturated heterocycles. The lowest BCUT2D eigenvalue weighted by molar-refractivity contribution is -0.137. The largest absolute Gasteiger partial charge is 0.416 e. The van der Waals surface area contributed by atoms with E-state index in [1.807, 2.05) is 19.9 Å². The quantitative estimate of drug-likeness (QED) is 0.701. The van der Waals surface area contributed by atoms with Gasteiger partial charge in [-0.05, 0) is 44.2 Å². The SMILES string of the molecule is Cc1cc(C)n2c(SCC(=O)Nc3ccc(C(F)(F)F)cc3)nnc2n1. The van der Waals surface area contributed by atoms with Crippen LogP contribution in [-0.4, -0.2) is 31.2 Å². The van der Waals surface area contributed by atoms with E-state index in [0.717, 1.165) is 23.5 Å². The number of fused-ring (bicyclic) bond motifs is 1. The van der Waals surface area contributed by atoms with Gasteiger partial charge in [-0.1, -0.05) is 11.8 Å². The van der Waals surface area contributed by atoms with Gasteiger partial charge in [-0.3, -0.25) is 9.20 Å². The minimum atomic E-state index is -4.41. The minimum Gasteiger partial charge on any atom is -0.325 e. The van der Waals surface area contributed by atoms with E-state index in [4.69, 9.17) is 0 Å². The predicted molar refractivity (Wildman–Crippen MR) is 91.1 cm³/mol. The van der Waals surface area contributed by atoms with E-state index in [0.29, 0.717) is 16.6 Å². The molecule has 1 amide bonds. The Hall–Kier alpha value is -2.62. The second kappa shape index (κ2) is 6.94. The summed E-state index contributed by atoms with van der Waals surface area (Å²) >= 11 is 1.17. The molecule has 0 spiro atoms. The van der Waals surface area contributed by atoms with E-state index in [1.165, 1.54) is 23.9 Å². The summed E-state index contributed by atoms with van der Waals surface area (Å²) in [6.07, 6.45) is -4.41. The monoisotopic (exact) mass is 381 g/mol. The maximum Gasteiger partial charge on any atom is 0.416 e. The summed E-state index contributed by atoms with van der Waals surface area (Å²) in [6, 6.07) is 6.16. The van der Waals surface area contributed by atoms with E-state index < -0.39 is 11.7 Å². The molecule has 10 heteroatoms. The number of halogens is 3. The fourth-order valence-corrected chi connectivity index (χ4v) is 3.15. The zero-order chi connectivity index (χ0) is 18.9. The van der Waals surface area contributed by atoms with Crippen molar-refractivity contribution in [1.29, 1.82) is 0 Å². The van der Waals surface area contributed by atoms with Crippen LogP contribution < -0.4 is 5.32 Å². The summed E-state index contributed by atoms with van der Waals surface area (Å²) in [4.78, 5) is 16.3. The molecule has 0 aliphatic heterocycles. The molecule has 0 bridgehead atoms. The molecule has 0 unspecified atom stereocenters. The third-order valence-electron chi connectivity index (χ3n) is 3.49. The second-order valence-corrected chi connectivity index (χ2v) is 6.51. The number of rotatable bonds is 4. The van der Waals surface area contributed by atoms with Gasteiger partial charge in [-0.15, -0.1) is 10.2 Å². The first-order valence-electron chi connectivity index (χ1n) is 7.53. The van der Waals surface area contributed by atoms with E-state index in [9.17, 15) is 18.0 Å². The maximum atomic E-state index is 12.5. The van der Waals surface area contributed by atoms with Crippen LogP contribution in [0, 0.1) is 13.8 Å². The lowest BCUT2D eigenvalue weighted by atomic mass is 10.2. The smallest absolute Gasteiger partial charge is 0.325 e. The molecule has 26 heavy (non-hydrogen) atoms. The van der Waals surface area contributed by atoms with Gasteiger partial charge in [0, 0.05) is 17.1 Å². The Morgan fingerprint density at radius 1 is 1.19 bits per heavy atom. The highest BCUT2D eigenvalue weighted by Crippen LogP contribution is 2.29. The van der Waals surface area contributed by atoms with Crippen LogP contribution in [0.5, 0.6) is 0 Å². The number of carbonyl (C=O) groups is 1. The summed E-state index contributed by atoms with van der Waals surface area (Å²) < 4.78 is 39.3. The number of alkyl halides is 3. The number of nitrogens with zero attached hydrogens (tertiary/aromatic N) is 4. The molecule has 2 heterocycles. The number of hydrogen-bond acceptors (Lipinski definition) is 5. The molecule has 1 N–H and O–H groups in total. The van der Waals surface area contributed by atoms with Crippen molar-refractivity contribution in [3.8, 4) is 0 Å². The zero-order valence-corrected chi connectivity index (χ0v) is 14.6.